The van der Waals surface area contributed by atoms with Crippen molar-refractivity contribution in [2.75, 3.05) is 7.05 Å². The van der Waals surface area contributed by atoms with Gasteiger partial charge in [0.25, 0.3) is 0 Å². The zero-order valence-corrected chi connectivity index (χ0v) is 11.8. The molecule has 2 rings (SSSR count). The lowest BCUT2D eigenvalue weighted by molar-refractivity contribution is 0.527. The van der Waals surface area contributed by atoms with Crippen LogP contribution in [0.2, 0.25) is 0 Å². The molecule has 18 heavy (non-hydrogen) atoms. The molecule has 1 unspecified atom stereocenters. The van der Waals surface area contributed by atoms with E-state index in [2.05, 4.69) is 44.3 Å². The Kier molecular flexibility index (Phi) is 3.58. The topological polar surface area (TPSA) is 25.2 Å². The van der Waals surface area contributed by atoms with Gasteiger partial charge in [-0.3, -0.25) is 0 Å². The summed E-state index contributed by atoms with van der Waals surface area (Å²) >= 11 is 0. The molecule has 0 saturated carbocycles. The molecule has 96 valence electrons. The second-order valence-electron chi connectivity index (χ2n) is 5.02. The summed E-state index contributed by atoms with van der Waals surface area (Å²) in [4.78, 5) is 0. The minimum absolute atomic E-state index is 0.197. The maximum Gasteiger partial charge on any atom is 0.101 e. The maximum absolute atomic E-state index is 5.43. The van der Waals surface area contributed by atoms with Gasteiger partial charge in [-0.25, -0.2) is 0 Å². The molecular weight excluding hydrogens is 222 g/mol. The van der Waals surface area contributed by atoms with E-state index >= 15 is 0 Å². The van der Waals surface area contributed by atoms with E-state index in [1.807, 2.05) is 20.2 Å². The Morgan fingerprint density at radius 2 is 1.61 bits per heavy atom. The van der Waals surface area contributed by atoms with Gasteiger partial charge in [0.05, 0.1) is 12.3 Å². The Bertz CT molecular complexity index is 531. The van der Waals surface area contributed by atoms with Gasteiger partial charge in [-0.1, -0.05) is 17.7 Å². The van der Waals surface area contributed by atoms with Crippen LogP contribution < -0.4 is 5.32 Å². The van der Waals surface area contributed by atoms with E-state index in [0.717, 1.165) is 5.76 Å². The van der Waals surface area contributed by atoms with Crippen molar-refractivity contribution in [1.82, 2.24) is 5.32 Å². The molecule has 0 spiro atoms. The first-order valence-electron chi connectivity index (χ1n) is 6.33. The van der Waals surface area contributed by atoms with Crippen LogP contribution in [0.25, 0.3) is 0 Å². The fourth-order valence-corrected chi connectivity index (χ4v) is 2.74. The monoisotopic (exact) mass is 243 g/mol. The Balaban J connectivity index is 2.51. The van der Waals surface area contributed by atoms with Crippen LogP contribution in [0.1, 0.15) is 39.6 Å². The third-order valence-electron chi connectivity index (χ3n) is 3.40. The molecule has 0 saturated heterocycles. The van der Waals surface area contributed by atoms with E-state index in [0.29, 0.717) is 0 Å². The second-order valence-corrected chi connectivity index (χ2v) is 5.02. The fourth-order valence-electron chi connectivity index (χ4n) is 2.74. The molecule has 1 aromatic carbocycles. The van der Waals surface area contributed by atoms with Gasteiger partial charge in [0.15, 0.2) is 0 Å². The Labute approximate surface area is 109 Å². The highest BCUT2D eigenvalue weighted by Gasteiger charge is 2.18. The molecule has 0 aliphatic rings. The fraction of sp³-hybridized carbons (Fsp3) is 0.375. The van der Waals surface area contributed by atoms with Crippen molar-refractivity contribution < 1.29 is 4.42 Å². The molecule has 0 aliphatic carbocycles. The Hall–Kier alpha value is -1.54. The average Bonchev–Trinajstić information content (AvgIpc) is 2.69. The summed E-state index contributed by atoms with van der Waals surface area (Å²) in [6.07, 6.45) is 1.84. The number of hydrogen-bond acceptors (Lipinski definition) is 2. The average molecular weight is 243 g/mol. The van der Waals surface area contributed by atoms with E-state index in [1.54, 1.807) is 0 Å². The molecule has 0 radical (unpaired) electrons. The molecule has 0 fully saturated rings. The van der Waals surface area contributed by atoms with Crippen molar-refractivity contribution in [1.29, 1.82) is 0 Å². The van der Waals surface area contributed by atoms with E-state index in [-0.39, 0.29) is 6.04 Å². The molecule has 0 bridgehead atoms. The Morgan fingerprint density at radius 1 is 1.00 bits per heavy atom. The third kappa shape index (κ3) is 2.34. The normalized spacial score (nSPS) is 12.7. The van der Waals surface area contributed by atoms with E-state index in [4.69, 9.17) is 4.42 Å². The first-order valence-corrected chi connectivity index (χ1v) is 6.33. The smallest absolute Gasteiger partial charge is 0.101 e. The van der Waals surface area contributed by atoms with E-state index in [9.17, 15) is 0 Å². The molecular formula is C16H21NO. The van der Waals surface area contributed by atoms with E-state index in [1.165, 1.54) is 27.8 Å². The van der Waals surface area contributed by atoms with Gasteiger partial charge in [0.2, 0.25) is 0 Å². The zero-order valence-electron chi connectivity index (χ0n) is 11.8. The highest BCUT2D eigenvalue weighted by molar-refractivity contribution is 5.43. The minimum atomic E-state index is 0.197. The minimum Gasteiger partial charge on any atom is -0.469 e. The van der Waals surface area contributed by atoms with Crippen LogP contribution in [0.4, 0.5) is 0 Å². The van der Waals surface area contributed by atoms with Crippen molar-refractivity contribution in [3.05, 3.63) is 58.0 Å². The predicted octanol–water partition coefficient (Wildman–Crippen LogP) is 3.82. The molecule has 2 aromatic rings. The lowest BCUT2D eigenvalue weighted by atomic mass is 9.91. The first kappa shape index (κ1) is 12.9. The third-order valence-corrected chi connectivity index (χ3v) is 3.40. The molecule has 0 amide bonds. The predicted molar refractivity (Wildman–Crippen MR) is 75.0 cm³/mol. The molecule has 1 heterocycles. The highest BCUT2D eigenvalue weighted by Crippen LogP contribution is 2.29. The van der Waals surface area contributed by atoms with Gasteiger partial charge in [0.1, 0.15) is 5.76 Å². The van der Waals surface area contributed by atoms with Crippen LogP contribution in [0.3, 0.4) is 0 Å². The number of nitrogens with one attached hydrogen (secondary N) is 1. The molecule has 2 nitrogen and oxygen atoms in total. The van der Waals surface area contributed by atoms with Crippen molar-refractivity contribution in [3.63, 3.8) is 0 Å². The quantitative estimate of drug-likeness (QED) is 0.886. The summed E-state index contributed by atoms with van der Waals surface area (Å²) in [5.74, 6) is 0.952. The Morgan fingerprint density at radius 3 is 2.06 bits per heavy atom. The summed E-state index contributed by atoms with van der Waals surface area (Å²) < 4.78 is 5.43. The standard InChI is InChI=1S/C16H21NO/c1-10-6-11(2)15(12(3)7-10)16(17-5)14-8-13(4)18-9-14/h6-9,16-17H,1-5H3. The van der Waals surface area contributed by atoms with Gasteiger partial charge >= 0.3 is 0 Å². The summed E-state index contributed by atoms with van der Waals surface area (Å²) in [5.41, 5.74) is 6.50. The molecule has 1 atom stereocenters. The van der Waals surface area contributed by atoms with Gasteiger partial charge in [-0.2, -0.15) is 0 Å². The lowest BCUT2D eigenvalue weighted by Crippen LogP contribution is -2.19. The molecule has 2 heteroatoms. The summed E-state index contributed by atoms with van der Waals surface area (Å²) in [7, 11) is 1.99. The zero-order chi connectivity index (χ0) is 13.3. The number of hydrogen-bond donors (Lipinski definition) is 1. The number of aryl methyl sites for hydroxylation is 4. The number of rotatable bonds is 3. The van der Waals surface area contributed by atoms with Gasteiger partial charge in [0, 0.05) is 5.56 Å². The number of benzene rings is 1. The summed E-state index contributed by atoms with van der Waals surface area (Å²) in [6.45, 7) is 8.46. The van der Waals surface area contributed by atoms with Gasteiger partial charge in [-0.15, -0.1) is 0 Å². The van der Waals surface area contributed by atoms with Crippen molar-refractivity contribution in [2.45, 2.75) is 33.7 Å². The maximum atomic E-state index is 5.43. The van der Waals surface area contributed by atoms with Crippen LogP contribution >= 0.6 is 0 Å². The largest absolute Gasteiger partial charge is 0.469 e. The van der Waals surface area contributed by atoms with Crippen LogP contribution in [0, 0.1) is 27.7 Å². The van der Waals surface area contributed by atoms with Crippen LogP contribution in [0.15, 0.2) is 28.9 Å². The highest BCUT2D eigenvalue weighted by atomic mass is 16.3. The van der Waals surface area contributed by atoms with Crippen LogP contribution in [0.5, 0.6) is 0 Å². The molecule has 1 N–H and O–H groups in total. The van der Waals surface area contributed by atoms with Crippen molar-refractivity contribution >= 4 is 0 Å². The van der Waals surface area contributed by atoms with Gasteiger partial charge < -0.3 is 9.73 Å². The van der Waals surface area contributed by atoms with Crippen LogP contribution in [-0.4, -0.2) is 7.05 Å². The molecule has 0 aliphatic heterocycles. The van der Waals surface area contributed by atoms with Crippen LogP contribution in [-0.2, 0) is 0 Å². The second kappa shape index (κ2) is 4.99. The van der Waals surface area contributed by atoms with Crippen molar-refractivity contribution in [2.24, 2.45) is 0 Å². The first-order chi connectivity index (χ1) is 8.52. The molecule has 1 aromatic heterocycles. The SMILES string of the molecule is CNC(c1coc(C)c1)c1c(C)cc(C)cc1C. The van der Waals surface area contributed by atoms with Gasteiger partial charge in [-0.05, 0) is 57.5 Å². The van der Waals surface area contributed by atoms with E-state index < -0.39 is 0 Å². The summed E-state index contributed by atoms with van der Waals surface area (Å²) in [6, 6.07) is 6.77. The number of furan rings is 1. The van der Waals surface area contributed by atoms with Crippen molar-refractivity contribution in [3.8, 4) is 0 Å². The lowest BCUT2D eigenvalue weighted by Gasteiger charge is -2.20. The summed E-state index contributed by atoms with van der Waals surface area (Å²) in [5, 5.41) is 3.39.